The summed E-state index contributed by atoms with van der Waals surface area (Å²) in [6, 6.07) is 0.435. The van der Waals surface area contributed by atoms with Gasteiger partial charge in [-0.3, -0.25) is 0 Å². The van der Waals surface area contributed by atoms with Crippen LogP contribution < -0.4 is 10.6 Å². The van der Waals surface area contributed by atoms with Crippen molar-refractivity contribution < 1.29 is 5.11 Å². The first-order valence-corrected chi connectivity index (χ1v) is 12.2. The van der Waals surface area contributed by atoms with E-state index in [0.717, 1.165) is 69.8 Å². The number of hydrogen-bond acceptors (Lipinski definition) is 5. The van der Waals surface area contributed by atoms with Crippen molar-refractivity contribution in [2.24, 2.45) is 0 Å². The number of rotatable bonds is 6. The molecule has 2 aromatic heterocycles. The SMILES string of the molecule is CCC.CCCCNc1ncc2c(C3CCNCC3)cn(C3CCC(O)CC3)c2n1. The number of nitrogens with zero attached hydrogens (tertiary/aromatic N) is 3. The van der Waals surface area contributed by atoms with Crippen molar-refractivity contribution in [3.63, 3.8) is 0 Å². The van der Waals surface area contributed by atoms with Crippen molar-refractivity contribution in [3.05, 3.63) is 18.0 Å². The van der Waals surface area contributed by atoms with E-state index >= 15 is 0 Å². The van der Waals surface area contributed by atoms with Crippen LogP contribution >= 0.6 is 0 Å². The van der Waals surface area contributed by atoms with Crippen LogP contribution in [0.2, 0.25) is 0 Å². The van der Waals surface area contributed by atoms with E-state index < -0.39 is 0 Å². The van der Waals surface area contributed by atoms with E-state index in [0.29, 0.717) is 12.0 Å². The van der Waals surface area contributed by atoms with Crippen LogP contribution in [0.25, 0.3) is 11.0 Å². The molecule has 6 nitrogen and oxygen atoms in total. The van der Waals surface area contributed by atoms with E-state index in [1.165, 1.54) is 30.2 Å². The van der Waals surface area contributed by atoms with Gasteiger partial charge in [-0.05, 0) is 69.5 Å². The first-order chi connectivity index (χ1) is 14.7. The predicted molar refractivity (Wildman–Crippen MR) is 125 cm³/mol. The van der Waals surface area contributed by atoms with Gasteiger partial charge in [0, 0.05) is 30.4 Å². The largest absolute Gasteiger partial charge is 0.393 e. The molecule has 2 fully saturated rings. The molecule has 0 radical (unpaired) electrons. The summed E-state index contributed by atoms with van der Waals surface area (Å²) in [5.41, 5.74) is 2.48. The number of aliphatic hydroxyl groups excluding tert-OH is 1. The number of aromatic nitrogens is 3. The van der Waals surface area contributed by atoms with Crippen molar-refractivity contribution in [1.29, 1.82) is 0 Å². The highest BCUT2D eigenvalue weighted by Crippen LogP contribution is 2.37. The Balaban J connectivity index is 0.000000806. The third-order valence-corrected chi connectivity index (χ3v) is 6.25. The molecular weight excluding hydrogens is 374 g/mol. The average molecular weight is 416 g/mol. The van der Waals surface area contributed by atoms with Gasteiger partial charge in [0.15, 0.2) is 0 Å². The Labute approximate surface area is 181 Å². The van der Waals surface area contributed by atoms with Crippen LogP contribution in [0.3, 0.4) is 0 Å². The molecule has 0 aromatic carbocycles. The number of unbranched alkanes of at least 4 members (excludes halogenated alkanes) is 1. The molecule has 0 spiro atoms. The first kappa shape index (κ1) is 23.0. The van der Waals surface area contributed by atoms with Gasteiger partial charge in [-0.25, -0.2) is 4.98 Å². The maximum absolute atomic E-state index is 9.91. The second-order valence-electron chi connectivity index (χ2n) is 8.90. The molecule has 3 N–H and O–H groups in total. The molecule has 0 unspecified atom stereocenters. The zero-order valence-electron chi connectivity index (χ0n) is 19.2. The van der Waals surface area contributed by atoms with E-state index in [1.54, 1.807) is 0 Å². The van der Waals surface area contributed by atoms with E-state index in [-0.39, 0.29) is 6.10 Å². The van der Waals surface area contributed by atoms with E-state index in [9.17, 15) is 5.11 Å². The van der Waals surface area contributed by atoms with Crippen LogP contribution in [0.15, 0.2) is 12.4 Å². The van der Waals surface area contributed by atoms with Crippen molar-refractivity contribution in [1.82, 2.24) is 19.9 Å². The van der Waals surface area contributed by atoms with Gasteiger partial charge in [0.1, 0.15) is 5.65 Å². The number of nitrogens with one attached hydrogen (secondary N) is 2. The third-order valence-electron chi connectivity index (χ3n) is 6.25. The predicted octanol–water partition coefficient (Wildman–Crippen LogP) is 5.00. The Kier molecular flexibility index (Phi) is 8.94. The minimum atomic E-state index is -0.132. The van der Waals surface area contributed by atoms with Gasteiger partial charge in [-0.15, -0.1) is 0 Å². The summed E-state index contributed by atoms with van der Waals surface area (Å²) in [7, 11) is 0. The van der Waals surface area contributed by atoms with Crippen LogP contribution in [-0.2, 0) is 0 Å². The minimum Gasteiger partial charge on any atom is -0.393 e. The summed E-state index contributed by atoms with van der Waals surface area (Å²) >= 11 is 0. The highest BCUT2D eigenvalue weighted by atomic mass is 16.3. The maximum Gasteiger partial charge on any atom is 0.224 e. The zero-order chi connectivity index (χ0) is 21.3. The zero-order valence-corrected chi connectivity index (χ0v) is 19.2. The van der Waals surface area contributed by atoms with E-state index in [4.69, 9.17) is 4.98 Å². The van der Waals surface area contributed by atoms with E-state index in [2.05, 4.69) is 47.2 Å². The smallest absolute Gasteiger partial charge is 0.224 e. The monoisotopic (exact) mass is 415 g/mol. The molecule has 4 rings (SSSR count). The molecular formula is C24H41N5O. The van der Waals surface area contributed by atoms with Gasteiger partial charge in [0.2, 0.25) is 5.95 Å². The second-order valence-corrected chi connectivity index (χ2v) is 8.90. The summed E-state index contributed by atoms with van der Waals surface area (Å²) in [4.78, 5) is 9.53. The number of fused-ring (bicyclic) bond motifs is 1. The summed E-state index contributed by atoms with van der Waals surface area (Å²) in [5, 5.41) is 18.0. The van der Waals surface area contributed by atoms with Gasteiger partial charge in [0.25, 0.3) is 0 Å². The van der Waals surface area contributed by atoms with Crippen LogP contribution in [-0.4, -0.2) is 45.4 Å². The highest BCUT2D eigenvalue weighted by Gasteiger charge is 2.26. The molecule has 1 aliphatic carbocycles. The van der Waals surface area contributed by atoms with Crippen molar-refractivity contribution >= 4 is 17.0 Å². The Morgan fingerprint density at radius 3 is 2.47 bits per heavy atom. The highest BCUT2D eigenvalue weighted by molar-refractivity contribution is 5.81. The third kappa shape index (κ3) is 5.73. The lowest BCUT2D eigenvalue weighted by atomic mass is 9.90. The minimum absolute atomic E-state index is 0.132. The van der Waals surface area contributed by atoms with Gasteiger partial charge in [-0.1, -0.05) is 33.6 Å². The van der Waals surface area contributed by atoms with Gasteiger partial charge >= 0.3 is 0 Å². The number of anilines is 1. The molecule has 1 aliphatic heterocycles. The van der Waals surface area contributed by atoms with Gasteiger partial charge in [-0.2, -0.15) is 4.98 Å². The average Bonchev–Trinajstić information content (AvgIpc) is 3.15. The van der Waals surface area contributed by atoms with Crippen LogP contribution in [0.4, 0.5) is 5.95 Å². The summed E-state index contributed by atoms with van der Waals surface area (Å²) in [6.45, 7) is 9.54. The van der Waals surface area contributed by atoms with Gasteiger partial charge < -0.3 is 20.3 Å². The normalized spacial score (nSPS) is 22.5. The molecule has 1 saturated heterocycles. The Morgan fingerprint density at radius 2 is 1.80 bits per heavy atom. The van der Waals surface area contributed by atoms with Crippen LogP contribution in [0.5, 0.6) is 0 Å². The standard InChI is InChI=1S/C21H33N5O.C3H8/c1-2-3-10-23-21-24-13-18-19(15-8-11-22-12-9-15)14-26(20(18)25-21)16-4-6-17(27)7-5-16;1-3-2/h13-17,22,27H,2-12H2,1H3,(H,23,24,25);3H2,1-2H3. The topological polar surface area (TPSA) is 75.0 Å². The fraction of sp³-hybridized carbons (Fsp3) is 0.750. The lowest BCUT2D eigenvalue weighted by molar-refractivity contribution is 0.111. The number of piperidine rings is 1. The van der Waals surface area contributed by atoms with Crippen molar-refractivity contribution in [2.75, 3.05) is 25.0 Å². The maximum atomic E-state index is 9.91. The van der Waals surface area contributed by atoms with E-state index in [1.807, 2.05) is 6.20 Å². The Bertz CT molecular complexity index is 760. The Morgan fingerprint density at radius 1 is 1.10 bits per heavy atom. The molecule has 0 atom stereocenters. The molecule has 0 bridgehead atoms. The van der Waals surface area contributed by atoms with Crippen molar-refractivity contribution in [3.8, 4) is 0 Å². The first-order valence-electron chi connectivity index (χ1n) is 12.2. The van der Waals surface area contributed by atoms with Crippen molar-refractivity contribution in [2.45, 2.75) is 96.6 Å². The Hall–Kier alpha value is -1.66. The van der Waals surface area contributed by atoms with Gasteiger partial charge in [0.05, 0.1) is 6.10 Å². The summed E-state index contributed by atoms with van der Waals surface area (Å²) in [6.07, 6.45) is 14.0. The van der Waals surface area contributed by atoms with Crippen LogP contribution in [0, 0.1) is 0 Å². The molecule has 30 heavy (non-hydrogen) atoms. The fourth-order valence-electron chi connectivity index (χ4n) is 4.59. The lowest BCUT2D eigenvalue weighted by Crippen LogP contribution is -2.26. The lowest BCUT2D eigenvalue weighted by Gasteiger charge is -2.27. The molecule has 6 heteroatoms. The molecule has 2 aromatic rings. The molecule has 2 aliphatic rings. The molecule has 3 heterocycles. The molecule has 168 valence electrons. The number of aliphatic hydroxyl groups is 1. The number of hydrogen-bond donors (Lipinski definition) is 3. The fourth-order valence-corrected chi connectivity index (χ4v) is 4.59. The second kappa shape index (κ2) is 11.7. The van der Waals surface area contributed by atoms with Crippen LogP contribution in [0.1, 0.15) is 96.1 Å². The summed E-state index contributed by atoms with van der Waals surface area (Å²) in [5.74, 6) is 1.33. The quantitative estimate of drug-likeness (QED) is 0.579. The summed E-state index contributed by atoms with van der Waals surface area (Å²) < 4.78 is 2.39. The molecule has 1 saturated carbocycles. The molecule has 0 amide bonds.